The molecule has 2 unspecified atom stereocenters. The molecule has 3 N–H and O–H groups in total. The zero-order valence-corrected chi connectivity index (χ0v) is 9.99. The smallest absolute Gasteiger partial charge is 0.0591 e. The molecule has 1 saturated carbocycles. The highest BCUT2D eigenvalue weighted by Crippen LogP contribution is 2.28. The summed E-state index contributed by atoms with van der Waals surface area (Å²) in [5.74, 6) is 0. The third-order valence-corrected chi connectivity index (χ3v) is 3.40. The van der Waals surface area contributed by atoms with Crippen LogP contribution in [0.15, 0.2) is 18.2 Å². The largest absolute Gasteiger partial charge is 0.397 e. The average Bonchev–Trinajstić information content (AvgIpc) is 2.73. The zero-order valence-electron chi connectivity index (χ0n) is 9.99. The third-order valence-electron chi connectivity index (χ3n) is 3.40. The lowest BCUT2D eigenvalue weighted by Gasteiger charge is -2.17. The molecular weight excluding hydrogens is 200 g/mol. The fourth-order valence-electron chi connectivity index (χ4n) is 2.31. The molecule has 88 valence electrons. The van der Waals surface area contributed by atoms with Crippen LogP contribution in [0.5, 0.6) is 0 Å². The number of nitrogen functional groups attached to an aromatic ring is 1. The van der Waals surface area contributed by atoms with Crippen molar-refractivity contribution in [1.29, 1.82) is 0 Å². The van der Waals surface area contributed by atoms with E-state index in [0.717, 1.165) is 36.2 Å². The molecule has 0 radical (unpaired) electrons. The summed E-state index contributed by atoms with van der Waals surface area (Å²) in [6.07, 6.45) is 3.78. The van der Waals surface area contributed by atoms with E-state index in [1.165, 1.54) is 0 Å². The molecule has 2 rings (SSSR count). The molecule has 1 aromatic rings. The summed E-state index contributed by atoms with van der Waals surface area (Å²) in [4.78, 5) is 0. The van der Waals surface area contributed by atoms with Crippen molar-refractivity contribution in [3.63, 3.8) is 0 Å². The fraction of sp³-hybridized carbons (Fsp3) is 0.538. The number of para-hydroxylation sites is 1. The molecule has 0 aromatic heterocycles. The van der Waals surface area contributed by atoms with Crippen LogP contribution in [0.2, 0.25) is 0 Å². The van der Waals surface area contributed by atoms with E-state index in [4.69, 9.17) is 10.5 Å². The maximum atomic E-state index is 6.03. The van der Waals surface area contributed by atoms with Crippen molar-refractivity contribution in [2.75, 3.05) is 18.2 Å². The predicted molar refractivity (Wildman–Crippen MR) is 67.7 cm³/mol. The molecule has 16 heavy (non-hydrogen) atoms. The van der Waals surface area contributed by atoms with Gasteiger partial charge in [0.1, 0.15) is 0 Å². The van der Waals surface area contributed by atoms with Gasteiger partial charge in [-0.15, -0.1) is 0 Å². The first-order chi connectivity index (χ1) is 7.70. The monoisotopic (exact) mass is 220 g/mol. The fourth-order valence-corrected chi connectivity index (χ4v) is 2.31. The molecule has 1 aromatic carbocycles. The minimum absolute atomic E-state index is 0.406. The van der Waals surface area contributed by atoms with E-state index in [-0.39, 0.29) is 0 Å². The van der Waals surface area contributed by atoms with Crippen LogP contribution in [0, 0.1) is 6.92 Å². The second-order valence-electron chi connectivity index (χ2n) is 4.55. The molecule has 0 spiro atoms. The maximum absolute atomic E-state index is 6.03. The lowest BCUT2D eigenvalue weighted by Crippen LogP contribution is -2.18. The highest BCUT2D eigenvalue weighted by Gasteiger charge is 2.24. The van der Waals surface area contributed by atoms with Crippen molar-refractivity contribution in [1.82, 2.24) is 0 Å². The number of methoxy groups -OCH3 is 1. The quantitative estimate of drug-likeness (QED) is 0.770. The summed E-state index contributed by atoms with van der Waals surface area (Å²) in [5.41, 5.74) is 9.09. The second-order valence-corrected chi connectivity index (χ2v) is 4.55. The van der Waals surface area contributed by atoms with Crippen LogP contribution in [0.25, 0.3) is 0 Å². The first kappa shape index (κ1) is 11.3. The van der Waals surface area contributed by atoms with E-state index in [9.17, 15) is 0 Å². The van der Waals surface area contributed by atoms with Crippen LogP contribution >= 0.6 is 0 Å². The topological polar surface area (TPSA) is 47.3 Å². The molecular formula is C13H20N2O. The number of hydrogen-bond acceptors (Lipinski definition) is 3. The summed E-state index contributed by atoms with van der Waals surface area (Å²) >= 11 is 0. The normalized spacial score (nSPS) is 24.6. The van der Waals surface area contributed by atoms with Crippen molar-refractivity contribution in [2.24, 2.45) is 0 Å². The van der Waals surface area contributed by atoms with Crippen LogP contribution in [0.3, 0.4) is 0 Å². The minimum Gasteiger partial charge on any atom is -0.397 e. The second kappa shape index (κ2) is 4.74. The Morgan fingerprint density at radius 2 is 2.19 bits per heavy atom. The number of nitrogens with one attached hydrogen (secondary N) is 1. The van der Waals surface area contributed by atoms with Crippen LogP contribution in [0.1, 0.15) is 24.8 Å². The van der Waals surface area contributed by atoms with Gasteiger partial charge < -0.3 is 15.8 Å². The van der Waals surface area contributed by atoms with E-state index in [1.807, 2.05) is 25.1 Å². The summed E-state index contributed by atoms with van der Waals surface area (Å²) in [7, 11) is 1.79. The Bertz CT molecular complexity index is 365. The predicted octanol–water partition coefficient (Wildman–Crippen LogP) is 2.56. The summed E-state index contributed by atoms with van der Waals surface area (Å²) < 4.78 is 5.36. The number of rotatable bonds is 3. The molecule has 1 fully saturated rings. The SMILES string of the molecule is COC1CCC(Nc2cccc(C)c2N)C1. The molecule has 0 aliphatic heterocycles. The van der Waals surface area contributed by atoms with Gasteiger partial charge in [-0.25, -0.2) is 0 Å². The van der Waals surface area contributed by atoms with Gasteiger partial charge in [0.25, 0.3) is 0 Å². The highest BCUT2D eigenvalue weighted by atomic mass is 16.5. The Morgan fingerprint density at radius 3 is 2.88 bits per heavy atom. The van der Waals surface area contributed by atoms with Crippen molar-refractivity contribution < 1.29 is 4.74 Å². The summed E-state index contributed by atoms with van der Waals surface area (Å²) in [6.45, 7) is 2.03. The molecule has 0 bridgehead atoms. The number of benzene rings is 1. The van der Waals surface area contributed by atoms with Gasteiger partial charge in [-0.05, 0) is 37.8 Å². The van der Waals surface area contributed by atoms with Crippen molar-refractivity contribution in [3.8, 4) is 0 Å². The maximum Gasteiger partial charge on any atom is 0.0591 e. The van der Waals surface area contributed by atoms with Crippen molar-refractivity contribution in [2.45, 2.75) is 38.3 Å². The molecule has 0 saturated heterocycles. The van der Waals surface area contributed by atoms with Gasteiger partial charge in [0.2, 0.25) is 0 Å². The van der Waals surface area contributed by atoms with E-state index in [0.29, 0.717) is 12.1 Å². The first-order valence-corrected chi connectivity index (χ1v) is 5.85. The third kappa shape index (κ3) is 2.30. The lowest BCUT2D eigenvalue weighted by molar-refractivity contribution is 0.108. The Labute approximate surface area is 97.0 Å². The molecule has 2 atom stereocenters. The standard InChI is InChI=1S/C13H20N2O/c1-9-4-3-5-12(13(9)14)15-10-6-7-11(8-10)16-2/h3-5,10-11,15H,6-8,14H2,1-2H3. The highest BCUT2D eigenvalue weighted by molar-refractivity contribution is 5.69. The van der Waals surface area contributed by atoms with E-state index in [2.05, 4.69) is 5.32 Å². The Balaban J connectivity index is 2.02. The Kier molecular flexibility index (Phi) is 3.34. The first-order valence-electron chi connectivity index (χ1n) is 5.85. The van der Waals surface area contributed by atoms with Crippen LogP contribution in [-0.4, -0.2) is 19.3 Å². The lowest BCUT2D eigenvalue weighted by atomic mass is 10.1. The molecule has 1 aliphatic carbocycles. The van der Waals surface area contributed by atoms with Crippen molar-refractivity contribution in [3.05, 3.63) is 23.8 Å². The molecule has 0 amide bonds. The van der Waals surface area contributed by atoms with Gasteiger partial charge in [-0.1, -0.05) is 12.1 Å². The minimum atomic E-state index is 0.406. The zero-order chi connectivity index (χ0) is 11.5. The van der Waals surface area contributed by atoms with Crippen LogP contribution < -0.4 is 11.1 Å². The summed E-state index contributed by atoms with van der Waals surface area (Å²) in [5, 5.41) is 3.51. The van der Waals surface area contributed by atoms with Gasteiger partial charge in [-0.3, -0.25) is 0 Å². The molecule has 3 nitrogen and oxygen atoms in total. The number of aryl methyl sites for hydroxylation is 1. The van der Waals surface area contributed by atoms with E-state index in [1.54, 1.807) is 7.11 Å². The van der Waals surface area contributed by atoms with E-state index >= 15 is 0 Å². The number of anilines is 2. The summed E-state index contributed by atoms with van der Waals surface area (Å²) in [6, 6.07) is 6.61. The number of nitrogens with two attached hydrogens (primary N) is 1. The van der Waals surface area contributed by atoms with Gasteiger partial charge >= 0.3 is 0 Å². The molecule has 3 heteroatoms. The number of hydrogen-bond donors (Lipinski definition) is 2. The molecule has 1 aliphatic rings. The Morgan fingerprint density at radius 1 is 1.38 bits per heavy atom. The number of ether oxygens (including phenoxy) is 1. The van der Waals surface area contributed by atoms with Crippen LogP contribution in [0.4, 0.5) is 11.4 Å². The van der Waals surface area contributed by atoms with E-state index < -0.39 is 0 Å². The van der Waals surface area contributed by atoms with Gasteiger partial charge in [0.05, 0.1) is 17.5 Å². The van der Waals surface area contributed by atoms with Gasteiger partial charge in [-0.2, -0.15) is 0 Å². The van der Waals surface area contributed by atoms with Gasteiger partial charge in [0, 0.05) is 13.2 Å². The van der Waals surface area contributed by atoms with Crippen LogP contribution in [-0.2, 0) is 4.74 Å². The Hall–Kier alpha value is -1.22. The van der Waals surface area contributed by atoms with Gasteiger partial charge in [0.15, 0.2) is 0 Å². The molecule has 0 heterocycles. The van der Waals surface area contributed by atoms with Crippen molar-refractivity contribution >= 4 is 11.4 Å². The average molecular weight is 220 g/mol.